The molecule has 0 bridgehead atoms. The molecule has 0 spiro atoms. The van der Waals surface area contributed by atoms with Crippen LogP contribution in [0.4, 0.5) is 0 Å². The summed E-state index contributed by atoms with van der Waals surface area (Å²) in [4.78, 5) is 3.70. The fraction of sp³-hybridized carbons (Fsp3) is 0.615. The lowest BCUT2D eigenvalue weighted by Gasteiger charge is -2.24. The Morgan fingerprint density at radius 1 is 1.50 bits per heavy atom. The first-order valence-corrected chi connectivity index (χ1v) is 6.45. The third-order valence-corrected chi connectivity index (χ3v) is 3.74. The average Bonchev–Trinajstić information content (AvgIpc) is 2.60. The van der Waals surface area contributed by atoms with Crippen molar-refractivity contribution in [3.63, 3.8) is 0 Å². The number of aryl methyl sites for hydroxylation is 1. The largest absolute Gasteiger partial charge is 0.304 e. The van der Waals surface area contributed by atoms with E-state index < -0.39 is 0 Å². The Morgan fingerprint density at radius 2 is 2.19 bits per heavy atom. The number of nitriles is 1. The number of nitrogens with zero attached hydrogens (tertiary/aromatic N) is 2. The van der Waals surface area contributed by atoms with Crippen LogP contribution in [0.3, 0.4) is 0 Å². The van der Waals surface area contributed by atoms with Crippen molar-refractivity contribution in [2.45, 2.75) is 27.2 Å². The molecule has 1 aromatic heterocycles. The summed E-state index contributed by atoms with van der Waals surface area (Å²) in [5, 5.41) is 11.1. The second-order valence-electron chi connectivity index (χ2n) is 5.01. The predicted molar refractivity (Wildman–Crippen MR) is 69.7 cm³/mol. The van der Waals surface area contributed by atoms with Crippen LogP contribution in [0.2, 0.25) is 0 Å². The van der Waals surface area contributed by atoms with E-state index in [2.05, 4.69) is 36.4 Å². The molecule has 0 aliphatic rings. The van der Waals surface area contributed by atoms with Gasteiger partial charge in [-0.05, 0) is 51.2 Å². The van der Waals surface area contributed by atoms with Crippen LogP contribution in [-0.4, -0.2) is 25.0 Å². The normalized spacial score (nSPS) is 11.8. The van der Waals surface area contributed by atoms with Crippen molar-refractivity contribution < 1.29 is 0 Å². The minimum absolute atomic E-state index is 0.251. The molecule has 1 rings (SSSR count). The molecule has 0 N–H and O–H groups in total. The molecule has 0 fully saturated rings. The summed E-state index contributed by atoms with van der Waals surface area (Å²) >= 11 is 1.82. The van der Waals surface area contributed by atoms with Gasteiger partial charge in [-0.2, -0.15) is 5.26 Å². The molecule has 0 amide bonds. The van der Waals surface area contributed by atoms with Gasteiger partial charge in [-0.15, -0.1) is 11.3 Å². The summed E-state index contributed by atoms with van der Waals surface area (Å²) in [5.41, 5.74) is 1.14. The summed E-state index contributed by atoms with van der Waals surface area (Å²) in [6.07, 6.45) is 1.08. The zero-order valence-electron chi connectivity index (χ0n) is 10.6. The third-order valence-electron chi connectivity index (χ3n) is 2.66. The Labute approximate surface area is 103 Å². The fourth-order valence-electron chi connectivity index (χ4n) is 1.74. The summed E-state index contributed by atoms with van der Waals surface area (Å²) in [6, 6.07) is 4.50. The van der Waals surface area contributed by atoms with Crippen LogP contribution in [-0.2, 0) is 6.42 Å². The second-order valence-corrected chi connectivity index (χ2v) is 6.01. The summed E-state index contributed by atoms with van der Waals surface area (Å²) < 4.78 is 0. The van der Waals surface area contributed by atoms with Gasteiger partial charge in [0.1, 0.15) is 0 Å². The van der Waals surface area contributed by atoms with Crippen molar-refractivity contribution in [2.75, 3.05) is 20.1 Å². The lowest BCUT2D eigenvalue weighted by Crippen LogP contribution is -2.31. The van der Waals surface area contributed by atoms with Gasteiger partial charge in [0.2, 0.25) is 0 Å². The van der Waals surface area contributed by atoms with Gasteiger partial charge in [-0.3, -0.25) is 0 Å². The molecule has 16 heavy (non-hydrogen) atoms. The summed E-state index contributed by atoms with van der Waals surface area (Å²) in [6.45, 7) is 7.98. The van der Waals surface area contributed by atoms with E-state index in [1.165, 1.54) is 10.4 Å². The Morgan fingerprint density at radius 3 is 2.69 bits per heavy atom. The average molecular weight is 236 g/mol. The Balaban J connectivity index is 2.40. The maximum Gasteiger partial charge on any atom is 0.0697 e. The molecule has 88 valence electrons. The molecule has 0 atom stereocenters. The van der Waals surface area contributed by atoms with Crippen LogP contribution < -0.4 is 0 Å². The summed E-state index contributed by atoms with van der Waals surface area (Å²) in [5.74, 6) is 0. The van der Waals surface area contributed by atoms with Gasteiger partial charge in [0.25, 0.3) is 0 Å². The van der Waals surface area contributed by atoms with E-state index in [-0.39, 0.29) is 5.41 Å². The Kier molecular flexibility index (Phi) is 4.52. The highest BCUT2D eigenvalue weighted by atomic mass is 32.1. The molecule has 1 aromatic rings. The zero-order chi connectivity index (χ0) is 12.2. The van der Waals surface area contributed by atoms with Crippen LogP contribution in [0.25, 0.3) is 0 Å². The molecule has 3 heteroatoms. The molecule has 0 aromatic carbocycles. The van der Waals surface area contributed by atoms with E-state index in [0.717, 1.165) is 19.5 Å². The molecule has 0 radical (unpaired) electrons. The highest BCUT2D eigenvalue weighted by Crippen LogP contribution is 2.18. The van der Waals surface area contributed by atoms with Crippen molar-refractivity contribution in [1.29, 1.82) is 5.26 Å². The second kappa shape index (κ2) is 5.47. The molecule has 2 nitrogen and oxygen atoms in total. The topological polar surface area (TPSA) is 27.0 Å². The molecule has 0 saturated heterocycles. The number of likely N-dealkylation sites (N-methyl/N-ethyl adjacent to an activating group) is 1. The highest BCUT2D eigenvalue weighted by molar-refractivity contribution is 7.10. The van der Waals surface area contributed by atoms with Crippen molar-refractivity contribution in [1.82, 2.24) is 4.90 Å². The first-order chi connectivity index (χ1) is 7.44. The number of thiophene rings is 1. The van der Waals surface area contributed by atoms with E-state index in [0.29, 0.717) is 0 Å². The standard InChI is InChI=1S/C13H20N2S/c1-11-6-8-16-12(11)5-7-15(4)10-13(2,3)9-14/h6,8H,5,7,10H2,1-4H3. The van der Waals surface area contributed by atoms with Crippen LogP contribution >= 0.6 is 11.3 Å². The van der Waals surface area contributed by atoms with E-state index in [1.54, 1.807) is 0 Å². The van der Waals surface area contributed by atoms with Gasteiger partial charge in [-0.25, -0.2) is 0 Å². The van der Waals surface area contributed by atoms with Crippen LogP contribution in [0.15, 0.2) is 11.4 Å². The minimum atomic E-state index is -0.251. The Hall–Kier alpha value is -0.850. The van der Waals surface area contributed by atoms with Crippen LogP contribution in [0, 0.1) is 23.7 Å². The molecule has 1 heterocycles. The maximum atomic E-state index is 8.96. The lowest BCUT2D eigenvalue weighted by atomic mass is 9.95. The van der Waals surface area contributed by atoms with E-state index in [4.69, 9.17) is 5.26 Å². The predicted octanol–water partition coefficient (Wildman–Crippen LogP) is 3.08. The maximum absolute atomic E-state index is 8.96. The van der Waals surface area contributed by atoms with E-state index >= 15 is 0 Å². The molecule has 0 unspecified atom stereocenters. The summed E-state index contributed by atoms with van der Waals surface area (Å²) in [7, 11) is 2.09. The fourth-order valence-corrected chi connectivity index (χ4v) is 2.64. The third kappa shape index (κ3) is 3.96. The minimum Gasteiger partial charge on any atom is -0.304 e. The zero-order valence-corrected chi connectivity index (χ0v) is 11.4. The SMILES string of the molecule is Cc1ccsc1CCN(C)CC(C)(C)C#N. The number of hydrogen-bond donors (Lipinski definition) is 0. The van der Waals surface area contributed by atoms with Crippen molar-refractivity contribution in [3.05, 3.63) is 21.9 Å². The van der Waals surface area contributed by atoms with Gasteiger partial charge in [0.15, 0.2) is 0 Å². The monoisotopic (exact) mass is 236 g/mol. The van der Waals surface area contributed by atoms with E-state index in [1.807, 2.05) is 25.2 Å². The molecule has 0 saturated carbocycles. The van der Waals surface area contributed by atoms with Crippen molar-refractivity contribution in [3.8, 4) is 6.07 Å². The molecule has 0 aliphatic carbocycles. The highest BCUT2D eigenvalue weighted by Gasteiger charge is 2.18. The number of hydrogen-bond acceptors (Lipinski definition) is 3. The lowest BCUT2D eigenvalue weighted by molar-refractivity contribution is 0.258. The van der Waals surface area contributed by atoms with Crippen LogP contribution in [0.5, 0.6) is 0 Å². The van der Waals surface area contributed by atoms with Gasteiger partial charge in [-0.1, -0.05) is 0 Å². The van der Waals surface area contributed by atoms with Crippen molar-refractivity contribution >= 4 is 11.3 Å². The first kappa shape index (κ1) is 13.2. The Bertz CT molecular complexity index is 374. The van der Waals surface area contributed by atoms with Gasteiger partial charge in [0, 0.05) is 18.0 Å². The van der Waals surface area contributed by atoms with Crippen molar-refractivity contribution in [2.24, 2.45) is 5.41 Å². The molecular weight excluding hydrogens is 216 g/mol. The molecular formula is C13H20N2S. The quantitative estimate of drug-likeness (QED) is 0.785. The smallest absolute Gasteiger partial charge is 0.0697 e. The molecule has 0 aliphatic heterocycles. The van der Waals surface area contributed by atoms with Crippen LogP contribution in [0.1, 0.15) is 24.3 Å². The van der Waals surface area contributed by atoms with Gasteiger partial charge in [0.05, 0.1) is 11.5 Å². The van der Waals surface area contributed by atoms with Gasteiger partial charge >= 0.3 is 0 Å². The number of rotatable bonds is 5. The first-order valence-electron chi connectivity index (χ1n) is 5.57. The van der Waals surface area contributed by atoms with Gasteiger partial charge < -0.3 is 4.90 Å². The van der Waals surface area contributed by atoms with E-state index in [9.17, 15) is 0 Å².